The van der Waals surface area contributed by atoms with Crippen molar-refractivity contribution in [1.82, 2.24) is 24.1 Å². The molecule has 2 fully saturated rings. The molecule has 0 bridgehead atoms. The van der Waals surface area contributed by atoms with Gasteiger partial charge in [0.2, 0.25) is 0 Å². The molecule has 7 heteroatoms. The smallest absolute Gasteiger partial charge is 0.180 e. The van der Waals surface area contributed by atoms with Crippen LogP contribution in [-0.2, 0) is 0 Å². The standard InChI is InChI=1S/C20H26N6O/c27-10-7-14-1-5-17(6-2-14)26-13-16(11-23-26)24-19-20-21-8-9-25(20)18(12-22-19)15-3-4-15/h8-9,11-15,17,27H,1-7,10H2,(H,22,24). The first-order chi connectivity index (χ1) is 13.3. The van der Waals surface area contributed by atoms with E-state index < -0.39 is 0 Å². The number of nitrogens with one attached hydrogen (secondary N) is 1. The second-order valence-electron chi connectivity index (χ2n) is 7.95. The Morgan fingerprint density at radius 1 is 1.07 bits per heavy atom. The molecule has 0 radical (unpaired) electrons. The Hall–Kier alpha value is -2.41. The zero-order valence-electron chi connectivity index (χ0n) is 15.5. The largest absolute Gasteiger partial charge is 0.396 e. The van der Waals surface area contributed by atoms with Gasteiger partial charge in [-0.15, -0.1) is 0 Å². The minimum atomic E-state index is 0.306. The van der Waals surface area contributed by atoms with E-state index in [0.29, 0.717) is 24.5 Å². The van der Waals surface area contributed by atoms with Crippen LogP contribution in [0.1, 0.15) is 62.6 Å². The highest BCUT2D eigenvalue weighted by atomic mass is 16.3. The maximum Gasteiger partial charge on any atom is 0.180 e. The van der Waals surface area contributed by atoms with E-state index in [4.69, 9.17) is 5.11 Å². The maximum atomic E-state index is 9.12. The normalized spacial score (nSPS) is 23.0. The second kappa shape index (κ2) is 6.96. The summed E-state index contributed by atoms with van der Waals surface area (Å²) in [6.45, 7) is 0.306. The van der Waals surface area contributed by atoms with Crippen molar-refractivity contribution in [2.45, 2.75) is 56.9 Å². The Kier molecular flexibility index (Phi) is 4.32. The van der Waals surface area contributed by atoms with Gasteiger partial charge in [-0.25, -0.2) is 9.97 Å². The van der Waals surface area contributed by atoms with Crippen LogP contribution in [0.4, 0.5) is 11.5 Å². The highest BCUT2D eigenvalue weighted by Gasteiger charge is 2.27. The average molecular weight is 366 g/mol. The molecule has 3 aromatic heterocycles. The van der Waals surface area contributed by atoms with Crippen molar-refractivity contribution in [2.75, 3.05) is 11.9 Å². The first-order valence-electron chi connectivity index (χ1n) is 10.1. The summed E-state index contributed by atoms with van der Waals surface area (Å²) < 4.78 is 4.23. The fourth-order valence-corrected chi connectivity index (χ4v) is 4.33. The minimum absolute atomic E-state index is 0.306. The fraction of sp³-hybridized carbons (Fsp3) is 0.550. The summed E-state index contributed by atoms with van der Waals surface area (Å²) in [7, 11) is 0. The maximum absolute atomic E-state index is 9.12. The SMILES string of the molecule is OCCC1CCC(n2cc(Nc3ncc(C4CC4)n4ccnc34)cn2)CC1. The van der Waals surface area contributed by atoms with Crippen molar-refractivity contribution in [2.24, 2.45) is 5.92 Å². The zero-order chi connectivity index (χ0) is 18.2. The minimum Gasteiger partial charge on any atom is -0.396 e. The van der Waals surface area contributed by atoms with Gasteiger partial charge in [-0.05, 0) is 50.9 Å². The summed E-state index contributed by atoms with van der Waals surface area (Å²) in [6, 6.07) is 0.451. The van der Waals surface area contributed by atoms with Crippen LogP contribution in [0.2, 0.25) is 0 Å². The number of nitrogens with zero attached hydrogens (tertiary/aromatic N) is 5. The van der Waals surface area contributed by atoms with Crippen molar-refractivity contribution in [3.8, 4) is 0 Å². The summed E-state index contributed by atoms with van der Waals surface area (Å²) in [4.78, 5) is 9.13. The van der Waals surface area contributed by atoms with E-state index >= 15 is 0 Å². The Morgan fingerprint density at radius 2 is 1.93 bits per heavy atom. The summed E-state index contributed by atoms with van der Waals surface area (Å²) in [5, 5.41) is 17.1. The van der Waals surface area contributed by atoms with E-state index in [0.717, 1.165) is 36.4 Å². The van der Waals surface area contributed by atoms with Crippen LogP contribution in [-0.4, -0.2) is 35.9 Å². The number of aliphatic hydroxyl groups excluding tert-OH is 1. The molecule has 7 nitrogen and oxygen atoms in total. The lowest BCUT2D eigenvalue weighted by molar-refractivity contribution is 0.202. The molecule has 3 aromatic rings. The molecule has 2 aliphatic rings. The molecule has 0 unspecified atom stereocenters. The van der Waals surface area contributed by atoms with Crippen LogP contribution in [0, 0.1) is 5.92 Å². The third kappa shape index (κ3) is 3.32. The molecule has 5 rings (SSSR count). The summed E-state index contributed by atoms with van der Waals surface area (Å²) in [5.41, 5.74) is 3.07. The van der Waals surface area contributed by atoms with E-state index in [-0.39, 0.29) is 0 Å². The van der Waals surface area contributed by atoms with Crippen LogP contribution in [0.3, 0.4) is 0 Å². The second-order valence-corrected chi connectivity index (χ2v) is 7.95. The van der Waals surface area contributed by atoms with E-state index in [1.54, 1.807) is 0 Å². The Bertz CT molecular complexity index is 920. The van der Waals surface area contributed by atoms with E-state index in [1.165, 1.54) is 31.4 Å². The molecule has 0 aromatic carbocycles. The molecule has 0 atom stereocenters. The molecular formula is C20H26N6O. The molecule has 142 valence electrons. The van der Waals surface area contributed by atoms with E-state index in [1.807, 2.05) is 24.8 Å². The van der Waals surface area contributed by atoms with Gasteiger partial charge in [0.15, 0.2) is 11.5 Å². The number of fused-ring (bicyclic) bond motifs is 1. The third-order valence-electron chi connectivity index (χ3n) is 6.04. The lowest BCUT2D eigenvalue weighted by Crippen LogP contribution is -2.19. The molecule has 0 saturated heterocycles. The Labute approximate surface area is 158 Å². The van der Waals surface area contributed by atoms with Gasteiger partial charge >= 0.3 is 0 Å². The number of aromatic nitrogens is 5. The van der Waals surface area contributed by atoms with Crippen molar-refractivity contribution < 1.29 is 5.11 Å². The molecule has 2 saturated carbocycles. The molecule has 2 aliphatic carbocycles. The number of hydrogen-bond acceptors (Lipinski definition) is 5. The number of anilines is 2. The lowest BCUT2D eigenvalue weighted by Gasteiger charge is -2.28. The summed E-state index contributed by atoms with van der Waals surface area (Å²) >= 11 is 0. The molecule has 0 amide bonds. The number of imidazole rings is 1. The molecule has 0 aliphatic heterocycles. The number of rotatable bonds is 6. The van der Waals surface area contributed by atoms with E-state index in [2.05, 4.69) is 35.7 Å². The third-order valence-corrected chi connectivity index (χ3v) is 6.04. The quantitative estimate of drug-likeness (QED) is 0.696. The molecule has 0 spiro atoms. The lowest BCUT2D eigenvalue weighted by atomic mass is 9.84. The Morgan fingerprint density at radius 3 is 2.70 bits per heavy atom. The van der Waals surface area contributed by atoms with Crippen molar-refractivity contribution in [3.63, 3.8) is 0 Å². The molecule has 2 N–H and O–H groups in total. The van der Waals surface area contributed by atoms with Crippen molar-refractivity contribution in [1.29, 1.82) is 0 Å². The molecule has 3 heterocycles. The number of aliphatic hydroxyl groups is 1. The van der Waals surface area contributed by atoms with Gasteiger partial charge in [0.25, 0.3) is 0 Å². The number of hydrogen-bond donors (Lipinski definition) is 2. The highest BCUT2D eigenvalue weighted by Crippen LogP contribution is 2.40. The van der Waals surface area contributed by atoms with Crippen LogP contribution in [0.25, 0.3) is 5.65 Å². The van der Waals surface area contributed by atoms with Gasteiger partial charge < -0.3 is 10.4 Å². The van der Waals surface area contributed by atoms with Gasteiger partial charge in [-0.3, -0.25) is 9.08 Å². The van der Waals surface area contributed by atoms with Crippen LogP contribution in [0.15, 0.2) is 31.0 Å². The average Bonchev–Trinajstić information content (AvgIpc) is 3.22. The zero-order valence-corrected chi connectivity index (χ0v) is 15.5. The monoisotopic (exact) mass is 366 g/mol. The van der Waals surface area contributed by atoms with Crippen molar-refractivity contribution >= 4 is 17.2 Å². The van der Waals surface area contributed by atoms with Crippen molar-refractivity contribution in [3.05, 3.63) is 36.7 Å². The van der Waals surface area contributed by atoms with Gasteiger partial charge in [0.1, 0.15) is 0 Å². The fourth-order valence-electron chi connectivity index (χ4n) is 4.33. The van der Waals surface area contributed by atoms with Gasteiger partial charge in [-0.2, -0.15) is 5.10 Å². The van der Waals surface area contributed by atoms with Gasteiger partial charge in [0, 0.05) is 43.0 Å². The van der Waals surface area contributed by atoms with Crippen LogP contribution in [0.5, 0.6) is 0 Å². The van der Waals surface area contributed by atoms with Gasteiger partial charge in [0.05, 0.1) is 17.9 Å². The van der Waals surface area contributed by atoms with Gasteiger partial charge in [-0.1, -0.05) is 0 Å². The highest BCUT2D eigenvalue weighted by molar-refractivity contribution is 5.69. The summed E-state index contributed by atoms with van der Waals surface area (Å²) in [5.74, 6) is 2.07. The molecular weight excluding hydrogens is 340 g/mol. The first-order valence-corrected chi connectivity index (χ1v) is 10.1. The van der Waals surface area contributed by atoms with Crippen LogP contribution < -0.4 is 5.32 Å². The molecule has 27 heavy (non-hydrogen) atoms. The predicted octanol–water partition coefficient (Wildman–Crippen LogP) is 3.66. The first kappa shape index (κ1) is 16.7. The van der Waals surface area contributed by atoms with Crippen LogP contribution >= 0.6 is 0 Å². The summed E-state index contributed by atoms with van der Waals surface area (Å²) in [6.07, 6.45) is 17.8. The predicted molar refractivity (Wildman–Crippen MR) is 103 cm³/mol. The topological polar surface area (TPSA) is 80.3 Å². The van der Waals surface area contributed by atoms with E-state index in [9.17, 15) is 0 Å². The Balaban J connectivity index is 1.31.